The van der Waals surface area contributed by atoms with Gasteiger partial charge in [-0.05, 0) is 139 Å². The van der Waals surface area contributed by atoms with Gasteiger partial charge >= 0.3 is 0 Å². The average Bonchev–Trinajstić information content (AvgIpc) is 3.73. The summed E-state index contributed by atoms with van der Waals surface area (Å²) in [6.07, 6.45) is 8.62. The van der Waals surface area contributed by atoms with Crippen molar-refractivity contribution in [3.63, 3.8) is 0 Å². The molecule has 0 amide bonds. The Morgan fingerprint density at radius 1 is 0.571 bits per heavy atom. The highest BCUT2D eigenvalue weighted by Gasteiger charge is 2.51. The fraction of sp³-hybridized carbons (Fsp3) is 0.311. The van der Waals surface area contributed by atoms with Gasteiger partial charge in [0.1, 0.15) is 0 Å². The SMILES string of the molecule is CC(C)(C)c1cccc(-n2c3ccc(-n4c5ccccc5c5cc(C67CC8CC(CC(C8)C6)C7)ccc54)cc3n3c4ccccc4nc23)c1. The minimum Gasteiger partial charge on any atom is -0.309 e. The van der Waals surface area contributed by atoms with Crippen LogP contribution in [0.2, 0.25) is 0 Å². The van der Waals surface area contributed by atoms with Gasteiger partial charge in [-0.3, -0.25) is 8.97 Å². The molecule has 4 bridgehead atoms. The lowest BCUT2D eigenvalue weighted by atomic mass is 9.48. The van der Waals surface area contributed by atoms with E-state index >= 15 is 0 Å². The lowest BCUT2D eigenvalue weighted by Gasteiger charge is -2.57. The molecule has 0 N–H and O–H groups in total. The summed E-state index contributed by atoms with van der Waals surface area (Å²) in [5.74, 6) is 3.76. The van der Waals surface area contributed by atoms with E-state index in [-0.39, 0.29) is 5.41 Å². The zero-order chi connectivity index (χ0) is 32.6. The van der Waals surface area contributed by atoms with Crippen molar-refractivity contribution < 1.29 is 0 Å². The number of fused-ring (bicyclic) bond motifs is 8. The molecule has 5 aromatic carbocycles. The number of benzene rings is 5. The van der Waals surface area contributed by atoms with Gasteiger partial charge in [0.05, 0.1) is 33.1 Å². The van der Waals surface area contributed by atoms with Gasteiger partial charge in [-0.1, -0.05) is 69.3 Å². The molecule has 4 saturated carbocycles. The van der Waals surface area contributed by atoms with Crippen LogP contribution in [0, 0.1) is 17.8 Å². The first-order valence-electron chi connectivity index (χ1n) is 18.4. The predicted octanol–water partition coefficient (Wildman–Crippen LogP) is 11.3. The summed E-state index contributed by atoms with van der Waals surface area (Å²) < 4.78 is 7.20. The Balaban J connectivity index is 1.14. The van der Waals surface area contributed by atoms with Crippen LogP contribution in [-0.4, -0.2) is 18.5 Å². The molecule has 4 nitrogen and oxygen atoms in total. The molecule has 0 radical (unpaired) electrons. The van der Waals surface area contributed by atoms with Crippen LogP contribution in [0.25, 0.3) is 61.0 Å². The topological polar surface area (TPSA) is 27.2 Å². The normalized spacial score (nSPS) is 23.6. The minimum absolute atomic E-state index is 0.0502. The number of hydrogen-bond acceptors (Lipinski definition) is 1. The van der Waals surface area contributed by atoms with E-state index in [2.05, 4.69) is 144 Å². The molecule has 4 aliphatic rings. The Morgan fingerprint density at radius 2 is 1.24 bits per heavy atom. The third-order valence-corrected chi connectivity index (χ3v) is 12.7. The Labute approximate surface area is 287 Å². The summed E-state index contributed by atoms with van der Waals surface area (Å²) in [7, 11) is 0. The fourth-order valence-corrected chi connectivity index (χ4v) is 10.9. The third kappa shape index (κ3) is 3.95. The lowest BCUT2D eigenvalue weighted by Crippen LogP contribution is -2.48. The van der Waals surface area contributed by atoms with Gasteiger partial charge in [-0.2, -0.15) is 0 Å². The highest BCUT2D eigenvalue weighted by molar-refractivity contribution is 6.10. The standard InChI is InChI=1S/C45H42N4/c1-44(2,3)31-9-8-10-33(22-31)48-41-18-16-34(24-42(41)49-40-14-7-5-12-37(40)46-43(48)49)47-38-13-6-4-11-35(38)36-23-32(15-17-39(36)47)45-25-28-19-29(26-45)21-30(20-28)27-45/h4-18,22-24,28-30H,19-21,25-27H2,1-3H3. The summed E-state index contributed by atoms with van der Waals surface area (Å²) in [4.78, 5) is 5.22. The monoisotopic (exact) mass is 638 g/mol. The molecule has 4 heteroatoms. The number of aromatic nitrogens is 4. The van der Waals surface area contributed by atoms with Gasteiger partial charge in [-0.15, -0.1) is 0 Å². The summed E-state index contributed by atoms with van der Waals surface area (Å²) in [6, 6.07) is 41.1. The average molecular weight is 639 g/mol. The van der Waals surface area contributed by atoms with E-state index in [0.29, 0.717) is 5.41 Å². The first-order chi connectivity index (χ1) is 23.8. The number of nitrogens with zero attached hydrogens (tertiary/aromatic N) is 4. The van der Waals surface area contributed by atoms with E-state index in [1.54, 1.807) is 5.56 Å². The number of imidazole rings is 2. The fourth-order valence-electron chi connectivity index (χ4n) is 10.9. The minimum atomic E-state index is 0.0502. The molecule has 3 aromatic heterocycles. The Morgan fingerprint density at radius 3 is 2.02 bits per heavy atom. The molecule has 0 atom stereocenters. The van der Waals surface area contributed by atoms with Crippen LogP contribution in [0.15, 0.2) is 109 Å². The second-order valence-corrected chi connectivity index (χ2v) is 16.8. The van der Waals surface area contributed by atoms with Gasteiger partial charge in [-0.25, -0.2) is 4.98 Å². The number of para-hydroxylation sites is 3. The highest BCUT2D eigenvalue weighted by Crippen LogP contribution is 2.61. The summed E-state index contributed by atoms with van der Waals surface area (Å²) in [6.45, 7) is 6.84. The van der Waals surface area contributed by atoms with Crippen molar-refractivity contribution >= 4 is 49.7 Å². The van der Waals surface area contributed by atoms with Crippen molar-refractivity contribution in [2.45, 2.75) is 70.1 Å². The molecule has 0 unspecified atom stereocenters. The smallest absolute Gasteiger partial charge is 0.220 e. The number of hydrogen-bond donors (Lipinski definition) is 0. The van der Waals surface area contributed by atoms with Crippen LogP contribution >= 0.6 is 0 Å². The molecule has 4 aliphatic carbocycles. The number of rotatable bonds is 3. The van der Waals surface area contributed by atoms with Gasteiger partial charge < -0.3 is 4.57 Å². The molecule has 8 aromatic rings. The van der Waals surface area contributed by atoms with E-state index in [9.17, 15) is 0 Å². The Bertz CT molecular complexity index is 2600. The highest BCUT2D eigenvalue weighted by atomic mass is 15.2. The van der Waals surface area contributed by atoms with Gasteiger partial charge in [0.2, 0.25) is 5.78 Å². The molecule has 0 saturated heterocycles. The Hall–Kier alpha value is -4.83. The zero-order valence-corrected chi connectivity index (χ0v) is 28.7. The van der Waals surface area contributed by atoms with Gasteiger partial charge in [0, 0.05) is 22.1 Å². The van der Waals surface area contributed by atoms with Crippen molar-refractivity contribution in [1.82, 2.24) is 18.5 Å². The predicted molar refractivity (Wildman–Crippen MR) is 202 cm³/mol. The van der Waals surface area contributed by atoms with Crippen LogP contribution in [0.1, 0.15) is 70.4 Å². The summed E-state index contributed by atoms with van der Waals surface area (Å²) >= 11 is 0. The molecule has 0 spiro atoms. The maximum Gasteiger partial charge on any atom is 0.220 e. The van der Waals surface area contributed by atoms with E-state index in [1.165, 1.54) is 77.1 Å². The van der Waals surface area contributed by atoms with E-state index in [0.717, 1.165) is 45.8 Å². The van der Waals surface area contributed by atoms with Crippen molar-refractivity contribution in [3.05, 3.63) is 120 Å². The zero-order valence-electron chi connectivity index (χ0n) is 28.7. The second-order valence-electron chi connectivity index (χ2n) is 16.8. The molecular formula is C45H42N4. The molecule has 49 heavy (non-hydrogen) atoms. The maximum atomic E-state index is 5.22. The lowest BCUT2D eigenvalue weighted by molar-refractivity contribution is -0.00512. The molecule has 242 valence electrons. The maximum absolute atomic E-state index is 5.22. The second kappa shape index (κ2) is 9.65. The first-order valence-corrected chi connectivity index (χ1v) is 18.4. The van der Waals surface area contributed by atoms with Crippen LogP contribution < -0.4 is 0 Å². The first kappa shape index (κ1) is 28.1. The Kier molecular flexibility index (Phi) is 5.53. The van der Waals surface area contributed by atoms with Crippen molar-refractivity contribution in [2.75, 3.05) is 0 Å². The third-order valence-electron chi connectivity index (χ3n) is 12.7. The summed E-state index contributed by atoms with van der Waals surface area (Å²) in [5.41, 5.74) is 12.7. The molecule has 0 aliphatic heterocycles. The van der Waals surface area contributed by atoms with Crippen molar-refractivity contribution in [2.24, 2.45) is 17.8 Å². The van der Waals surface area contributed by atoms with E-state index < -0.39 is 0 Å². The van der Waals surface area contributed by atoms with Crippen LogP contribution in [0.3, 0.4) is 0 Å². The summed E-state index contributed by atoms with van der Waals surface area (Å²) in [5, 5.41) is 2.73. The van der Waals surface area contributed by atoms with Crippen molar-refractivity contribution in [1.29, 1.82) is 0 Å². The van der Waals surface area contributed by atoms with E-state index in [4.69, 9.17) is 4.98 Å². The van der Waals surface area contributed by atoms with Gasteiger partial charge in [0.15, 0.2) is 0 Å². The largest absolute Gasteiger partial charge is 0.309 e. The quantitative estimate of drug-likeness (QED) is 0.189. The molecule has 4 fully saturated rings. The van der Waals surface area contributed by atoms with Crippen LogP contribution in [0.4, 0.5) is 0 Å². The van der Waals surface area contributed by atoms with Crippen molar-refractivity contribution in [3.8, 4) is 11.4 Å². The molecular weight excluding hydrogens is 597 g/mol. The van der Waals surface area contributed by atoms with Crippen LogP contribution in [0.5, 0.6) is 0 Å². The molecule has 3 heterocycles. The van der Waals surface area contributed by atoms with Gasteiger partial charge in [0.25, 0.3) is 0 Å². The van der Waals surface area contributed by atoms with E-state index in [1.807, 2.05) is 0 Å². The molecule has 12 rings (SSSR count). The van der Waals surface area contributed by atoms with Crippen LogP contribution in [-0.2, 0) is 10.8 Å².